The molecule has 0 unspecified atom stereocenters. The van der Waals surface area contributed by atoms with Crippen molar-refractivity contribution >= 4 is 17.3 Å². The Morgan fingerprint density at radius 3 is 2.39 bits per heavy atom. The van der Waals surface area contributed by atoms with E-state index in [4.69, 9.17) is 17.0 Å². The average molecular weight is 288 g/mol. The Morgan fingerprint density at radius 2 is 1.78 bits per heavy atom. The van der Waals surface area contributed by atoms with Crippen molar-refractivity contribution in [3.8, 4) is 0 Å². The van der Waals surface area contributed by atoms with Crippen LogP contribution in [0.15, 0.2) is 0 Å². The molecule has 0 heterocycles. The highest BCUT2D eigenvalue weighted by atomic mass is 32.1. The molecule has 2 N–H and O–H groups in total. The Hall–Kier alpha value is -0.600. The van der Waals surface area contributed by atoms with Crippen molar-refractivity contribution in [2.75, 3.05) is 39.5 Å². The first-order chi connectivity index (χ1) is 8.45. The second kappa shape index (κ2) is 10.3. The Balaban J connectivity index is 3.27. The summed E-state index contributed by atoms with van der Waals surface area (Å²) in [6.07, 6.45) is -3.46. The molecule has 0 aliphatic carbocycles. The van der Waals surface area contributed by atoms with Gasteiger partial charge in [-0.2, -0.15) is 13.2 Å². The number of rotatable bonds is 9. The Bertz CT molecular complexity index is 228. The molecule has 0 spiro atoms. The minimum Gasteiger partial charge on any atom is -0.382 e. The van der Waals surface area contributed by atoms with E-state index >= 15 is 0 Å². The topological polar surface area (TPSA) is 42.5 Å². The molecule has 0 aromatic carbocycles. The maximum atomic E-state index is 11.7. The Morgan fingerprint density at radius 1 is 1.11 bits per heavy atom. The molecule has 0 amide bonds. The van der Waals surface area contributed by atoms with Gasteiger partial charge in [-0.05, 0) is 25.6 Å². The second-order valence-corrected chi connectivity index (χ2v) is 3.81. The minimum atomic E-state index is -4.28. The van der Waals surface area contributed by atoms with Crippen LogP contribution >= 0.6 is 12.2 Å². The second-order valence-electron chi connectivity index (χ2n) is 3.40. The fourth-order valence-electron chi connectivity index (χ4n) is 1.01. The van der Waals surface area contributed by atoms with Gasteiger partial charge in [0.2, 0.25) is 0 Å². The molecule has 0 bridgehead atoms. The molecule has 0 atom stereocenters. The predicted molar refractivity (Wildman–Crippen MR) is 66.6 cm³/mol. The zero-order chi connectivity index (χ0) is 13.9. The summed E-state index contributed by atoms with van der Waals surface area (Å²) in [5, 5.41) is 6.06. The van der Waals surface area contributed by atoms with Crippen molar-refractivity contribution in [2.45, 2.75) is 19.5 Å². The third-order valence-electron chi connectivity index (χ3n) is 1.75. The largest absolute Gasteiger partial charge is 0.411 e. The summed E-state index contributed by atoms with van der Waals surface area (Å²) in [6.45, 7) is 2.88. The van der Waals surface area contributed by atoms with E-state index in [0.717, 1.165) is 6.42 Å². The molecule has 0 aromatic rings. The van der Waals surface area contributed by atoms with Gasteiger partial charge in [0.15, 0.2) is 5.11 Å². The fraction of sp³-hybridized carbons (Fsp3) is 0.900. The summed E-state index contributed by atoms with van der Waals surface area (Å²) in [6, 6.07) is 0. The highest BCUT2D eigenvalue weighted by Gasteiger charge is 2.27. The monoisotopic (exact) mass is 288 g/mol. The van der Waals surface area contributed by atoms with Crippen molar-refractivity contribution in [2.24, 2.45) is 0 Å². The molecule has 0 rings (SSSR count). The SMILES string of the molecule is CCOCCCNC(=S)NCCOCC(F)(F)F. The molecule has 0 aromatic heterocycles. The molecular formula is C10H19F3N2O2S. The lowest BCUT2D eigenvalue weighted by molar-refractivity contribution is -0.173. The van der Waals surface area contributed by atoms with Crippen LogP contribution in [0.2, 0.25) is 0 Å². The van der Waals surface area contributed by atoms with Gasteiger partial charge in [-0.1, -0.05) is 0 Å². The first-order valence-electron chi connectivity index (χ1n) is 5.69. The summed E-state index contributed by atoms with van der Waals surface area (Å²) < 4.78 is 44.7. The van der Waals surface area contributed by atoms with Crippen LogP contribution in [0.3, 0.4) is 0 Å². The summed E-state index contributed by atoms with van der Waals surface area (Å²) in [4.78, 5) is 0. The van der Waals surface area contributed by atoms with E-state index in [1.54, 1.807) is 0 Å². The molecule has 0 aliphatic heterocycles. The van der Waals surface area contributed by atoms with Gasteiger partial charge in [0, 0.05) is 26.3 Å². The third kappa shape index (κ3) is 13.5. The smallest absolute Gasteiger partial charge is 0.382 e. The molecule has 8 heteroatoms. The number of thiocarbonyl (C=S) groups is 1. The van der Waals surface area contributed by atoms with Crippen LogP contribution in [0.1, 0.15) is 13.3 Å². The summed E-state index contributed by atoms with van der Waals surface area (Å²) in [5.74, 6) is 0. The number of hydrogen-bond donors (Lipinski definition) is 2. The molecule has 0 saturated heterocycles. The van der Waals surface area contributed by atoms with Crippen LogP contribution in [0.5, 0.6) is 0 Å². The highest BCUT2D eigenvalue weighted by Crippen LogP contribution is 2.13. The number of ether oxygens (including phenoxy) is 2. The minimum absolute atomic E-state index is 0.0414. The van der Waals surface area contributed by atoms with Gasteiger partial charge >= 0.3 is 6.18 Å². The van der Waals surface area contributed by atoms with Gasteiger partial charge in [0.25, 0.3) is 0 Å². The van der Waals surface area contributed by atoms with Gasteiger partial charge in [0.05, 0.1) is 6.61 Å². The van der Waals surface area contributed by atoms with Crippen LogP contribution < -0.4 is 10.6 Å². The summed E-state index contributed by atoms with van der Waals surface area (Å²) in [7, 11) is 0. The van der Waals surface area contributed by atoms with Crippen LogP contribution in [-0.2, 0) is 9.47 Å². The standard InChI is InChI=1S/C10H19F3N2O2S/c1-2-16-6-3-4-14-9(18)15-5-7-17-8-10(11,12)13/h2-8H2,1H3,(H2,14,15,18). The normalized spacial score (nSPS) is 11.3. The van der Waals surface area contributed by atoms with Crippen molar-refractivity contribution in [3.63, 3.8) is 0 Å². The lowest BCUT2D eigenvalue weighted by Crippen LogP contribution is -2.38. The zero-order valence-corrected chi connectivity index (χ0v) is 11.1. The molecule has 0 radical (unpaired) electrons. The molecule has 0 fully saturated rings. The molecule has 108 valence electrons. The lowest BCUT2D eigenvalue weighted by atomic mass is 10.4. The number of nitrogens with one attached hydrogen (secondary N) is 2. The van der Waals surface area contributed by atoms with Crippen molar-refractivity contribution < 1.29 is 22.6 Å². The van der Waals surface area contributed by atoms with Crippen LogP contribution in [-0.4, -0.2) is 50.8 Å². The van der Waals surface area contributed by atoms with Crippen molar-refractivity contribution in [1.29, 1.82) is 0 Å². The Kier molecular flexibility index (Phi) is 9.99. The molecular weight excluding hydrogens is 269 g/mol. The van der Waals surface area contributed by atoms with Gasteiger partial charge in [-0.15, -0.1) is 0 Å². The maximum absolute atomic E-state index is 11.7. The number of hydrogen-bond acceptors (Lipinski definition) is 3. The van der Waals surface area contributed by atoms with E-state index < -0.39 is 12.8 Å². The van der Waals surface area contributed by atoms with Crippen LogP contribution in [0.4, 0.5) is 13.2 Å². The van der Waals surface area contributed by atoms with Gasteiger partial charge in [0.1, 0.15) is 6.61 Å². The zero-order valence-electron chi connectivity index (χ0n) is 10.3. The summed E-state index contributed by atoms with van der Waals surface area (Å²) in [5.41, 5.74) is 0. The summed E-state index contributed by atoms with van der Waals surface area (Å²) >= 11 is 4.91. The number of halogens is 3. The fourth-order valence-corrected chi connectivity index (χ4v) is 1.21. The molecule has 0 saturated carbocycles. The first kappa shape index (κ1) is 17.4. The highest BCUT2D eigenvalue weighted by molar-refractivity contribution is 7.80. The molecule has 0 aliphatic rings. The van der Waals surface area contributed by atoms with E-state index in [0.29, 0.717) is 24.9 Å². The van der Waals surface area contributed by atoms with Gasteiger partial charge in [-0.3, -0.25) is 0 Å². The maximum Gasteiger partial charge on any atom is 0.411 e. The van der Waals surface area contributed by atoms with E-state index in [2.05, 4.69) is 15.4 Å². The lowest BCUT2D eigenvalue weighted by Gasteiger charge is -2.11. The third-order valence-corrected chi connectivity index (χ3v) is 2.04. The van der Waals surface area contributed by atoms with E-state index in [9.17, 15) is 13.2 Å². The van der Waals surface area contributed by atoms with Crippen LogP contribution in [0.25, 0.3) is 0 Å². The first-order valence-corrected chi connectivity index (χ1v) is 6.10. The molecule has 18 heavy (non-hydrogen) atoms. The quantitative estimate of drug-likeness (QED) is 0.497. The van der Waals surface area contributed by atoms with Crippen molar-refractivity contribution in [1.82, 2.24) is 10.6 Å². The Labute approximate surface area is 110 Å². The van der Waals surface area contributed by atoms with E-state index in [1.807, 2.05) is 6.92 Å². The van der Waals surface area contributed by atoms with E-state index in [1.165, 1.54) is 0 Å². The molecule has 4 nitrogen and oxygen atoms in total. The van der Waals surface area contributed by atoms with E-state index in [-0.39, 0.29) is 13.2 Å². The predicted octanol–water partition coefficient (Wildman–Crippen LogP) is 1.46. The van der Waals surface area contributed by atoms with Crippen molar-refractivity contribution in [3.05, 3.63) is 0 Å². The van der Waals surface area contributed by atoms with Crippen LogP contribution in [0, 0.1) is 0 Å². The average Bonchev–Trinajstić information content (AvgIpc) is 2.27. The van der Waals surface area contributed by atoms with Gasteiger partial charge in [-0.25, -0.2) is 0 Å². The van der Waals surface area contributed by atoms with Gasteiger partial charge < -0.3 is 20.1 Å². The number of alkyl halides is 3.